The summed E-state index contributed by atoms with van der Waals surface area (Å²) >= 11 is 3.27. The monoisotopic (exact) mass is 365 g/mol. The molecule has 0 unspecified atom stereocenters. The minimum absolute atomic E-state index is 0.202. The first-order valence-electron chi connectivity index (χ1n) is 6.09. The summed E-state index contributed by atoms with van der Waals surface area (Å²) in [6, 6.07) is 11.8. The van der Waals surface area contributed by atoms with Gasteiger partial charge in [-0.25, -0.2) is 8.42 Å². The lowest BCUT2D eigenvalue weighted by atomic mass is 10.2. The predicted molar refractivity (Wildman–Crippen MR) is 87.8 cm³/mol. The maximum absolute atomic E-state index is 12.3. The van der Waals surface area contributed by atoms with Crippen LogP contribution in [0.25, 0.3) is 0 Å². The van der Waals surface area contributed by atoms with E-state index in [4.69, 9.17) is 0 Å². The van der Waals surface area contributed by atoms with E-state index in [2.05, 4.69) is 37.9 Å². The number of sulfonamides is 1. The van der Waals surface area contributed by atoms with Gasteiger partial charge in [-0.2, -0.15) is 0 Å². The number of rotatable bonds is 3. The first kappa shape index (κ1) is 14.0. The maximum atomic E-state index is 12.3. The quantitative estimate of drug-likeness (QED) is 0.777. The minimum Gasteiger partial charge on any atom is -0.341 e. The van der Waals surface area contributed by atoms with Crippen LogP contribution in [0.4, 0.5) is 17.1 Å². The Morgan fingerprint density at radius 2 is 1.81 bits per heavy atom. The van der Waals surface area contributed by atoms with Gasteiger partial charge < -0.3 is 10.6 Å². The predicted octanol–water partition coefficient (Wildman–Crippen LogP) is 3.56. The zero-order valence-corrected chi connectivity index (χ0v) is 13.3. The van der Waals surface area contributed by atoms with Crippen molar-refractivity contribution in [3.8, 4) is 0 Å². The fourth-order valence-corrected chi connectivity index (χ4v) is 3.67. The second-order valence-corrected chi connectivity index (χ2v) is 7.15. The van der Waals surface area contributed by atoms with E-state index in [-0.39, 0.29) is 4.90 Å². The number of hydrogen-bond donors (Lipinski definition) is 3. The van der Waals surface area contributed by atoms with E-state index in [1.165, 1.54) is 0 Å². The van der Waals surface area contributed by atoms with Gasteiger partial charge in [-0.3, -0.25) is 4.72 Å². The van der Waals surface area contributed by atoms with Crippen LogP contribution in [0, 0.1) is 0 Å². The first-order valence-corrected chi connectivity index (χ1v) is 8.37. The van der Waals surface area contributed by atoms with Crippen LogP contribution in [0.3, 0.4) is 0 Å². The topological polar surface area (TPSA) is 70.2 Å². The van der Waals surface area contributed by atoms with Gasteiger partial charge >= 0.3 is 0 Å². The molecule has 0 saturated heterocycles. The molecule has 5 nitrogen and oxygen atoms in total. The van der Waals surface area contributed by atoms with Gasteiger partial charge in [-0.05, 0) is 36.4 Å². The van der Waals surface area contributed by atoms with Gasteiger partial charge in [0.25, 0.3) is 10.0 Å². The van der Waals surface area contributed by atoms with Crippen LogP contribution in [-0.2, 0) is 10.0 Å². The normalized spacial score (nSPS) is 13.3. The Morgan fingerprint density at radius 3 is 2.57 bits per heavy atom. The summed E-state index contributed by atoms with van der Waals surface area (Å²) in [5.41, 5.74) is 2.14. The molecule has 0 saturated carbocycles. The van der Waals surface area contributed by atoms with Crippen LogP contribution in [0.1, 0.15) is 0 Å². The molecule has 21 heavy (non-hydrogen) atoms. The van der Waals surface area contributed by atoms with Gasteiger partial charge in [0.2, 0.25) is 0 Å². The average molecular weight is 366 g/mol. The first-order chi connectivity index (χ1) is 9.94. The average Bonchev–Trinajstić information content (AvgIpc) is 2.77. The van der Waals surface area contributed by atoms with Gasteiger partial charge in [0.1, 0.15) is 5.82 Å². The summed E-state index contributed by atoms with van der Waals surface area (Å²) < 4.78 is 27.9. The molecule has 1 aliphatic heterocycles. The zero-order valence-electron chi connectivity index (χ0n) is 10.9. The molecular weight excluding hydrogens is 354 g/mol. The molecular formula is C14H12BrN3O2S. The van der Waals surface area contributed by atoms with Gasteiger partial charge in [0.15, 0.2) is 0 Å². The standard InChI is InChI=1S/C14H12BrN3O2S/c1-9-16-13-6-5-11(8-14(13)17-9)18-21(19,20)12-4-2-3-10(15)7-12/h2-8,16-18H,1H2. The lowest BCUT2D eigenvalue weighted by Crippen LogP contribution is -2.12. The van der Waals surface area contributed by atoms with E-state index >= 15 is 0 Å². The van der Waals surface area contributed by atoms with Gasteiger partial charge in [-0.1, -0.05) is 28.6 Å². The number of benzene rings is 2. The molecule has 0 bridgehead atoms. The highest BCUT2D eigenvalue weighted by molar-refractivity contribution is 9.10. The molecule has 1 aliphatic rings. The second-order valence-electron chi connectivity index (χ2n) is 4.55. The van der Waals surface area contributed by atoms with Crippen molar-refractivity contribution in [2.75, 3.05) is 15.4 Å². The van der Waals surface area contributed by atoms with E-state index in [1.54, 1.807) is 42.5 Å². The van der Waals surface area contributed by atoms with Gasteiger partial charge in [0.05, 0.1) is 22.0 Å². The third kappa shape index (κ3) is 2.88. The highest BCUT2D eigenvalue weighted by Crippen LogP contribution is 2.33. The fourth-order valence-electron chi connectivity index (χ4n) is 2.02. The van der Waals surface area contributed by atoms with Crippen molar-refractivity contribution in [3.63, 3.8) is 0 Å². The van der Waals surface area contributed by atoms with E-state index in [0.29, 0.717) is 16.0 Å². The zero-order chi connectivity index (χ0) is 15.0. The molecule has 0 aliphatic carbocycles. The molecule has 1 heterocycles. The van der Waals surface area contributed by atoms with Crippen molar-refractivity contribution < 1.29 is 8.42 Å². The number of anilines is 3. The number of fused-ring (bicyclic) bond motifs is 1. The Kier molecular flexibility index (Phi) is 3.38. The largest absolute Gasteiger partial charge is 0.341 e. The summed E-state index contributed by atoms with van der Waals surface area (Å²) in [6.45, 7) is 3.76. The Morgan fingerprint density at radius 1 is 1.05 bits per heavy atom. The Hall–Kier alpha value is -1.99. The smallest absolute Gasteiger partial charge is 0.261 e. The van der Waals surface area contributed by atoms with E-state index in [0.717, 1.165) is 11.4 Å². The summed E-state index contributed by atoms with van der Waals surface area (Å²) in [5, 5.41) is 6.06. The highest BCUT2D eigenvalue weighted by atomic mass is 79.9. The van der Waals surface area contributed by atoms with Crippen molar-refractivity contribution in [2.24, 2.45) is 0 Å². The van der Waals surface area contributed by atoms with Crippen LogP contribution in [-0.4, -0.2) is 8.42 Å². The summed E-state index contributed by atoms with van der Waals surface area (Å²) in [4.78, 5) is 0.202. The van der Waals surface area contributed by atoms with Crippen LogP contribution in [0.15, 0.2) is 64.2 Å². The van der Waals surface area contributed by atoms with E-state index < -0.39 is 10.0 Å². The molecule has 0 aromatic heterocycles. The molecule has 2 aromatic carbocycles. The lowest BCUT2D eigenvalue weighted by Gasteiger charge is -2.09. The van der Waals surface area contributed by atoms with Crippen LogP contribution in [0.5, 0.6) is 0 Å². The Bertz CT molecular complexity index is 834. The second kappa shape index (κ2) is 5.09. The Balaban J connectivity index is 1.90. The summed E-state index contributed by atoms with van der Waals surface area (Å²) in [5.74, 6) is 0.664. The van der Waals surface area contributed by atoms with Crippen molar-refractivity contribution in [1.29, 1.82) is 0 Å². The molecule has 3 rings (SSSR count). The van der Waals surface area contributed by atoms with Crippen molar-refractivity contribution >= 4 is 43.0 Å². The number of hydrogen-bond acceptors (Lipinski definition) is 4. The molecule has 108 valence electrons. The molecule has 0 amide bonds. The van der Waals surface area contributed by atoms with Crippen molar-refractivity contribution in [3.05, 3.63) is 59.3 Å². The summed E-state index contributed by atoms with van der Waals surface area (Å²) in [7, 11) is -3.62. The number of halogens is 1. The van der Waals surface area contributed by atoms with Crippen LogP contribution < -0.4 is 15.4 Å². The molecule has 0 spiro atoms. The molecule has 2 aromatic rings. The highest BCUT2D eigenvalue weighted by Gasteiger charge is 2.17. The van der Waals surface area contributed by atoms with E-state index in [1.807, 2.05) is 0 Å². The summed E-state index contributed by atoms with van der Waals surface area (Å²) in [6.07, 6.45) is 0. The van der Waals surface area contributed by atoms with Gasteiger partial charge in [-0.15, -0.1) is 0 Å². The molecule has 0 fully saturated rings. The van der Waals surface area contributed by atoms with Crippen LogP contribution >= 0.6 is 15.9 Å². The lowest BCUT2D eigenvalue weighted by molar-refractivity contribution is 0.601. The SMILES string of the molecule is C=C1Nc2ccc(NS(=O)(=O)c3cccc(Br)c3)cc2N1. The number of nitrogens with one attached hydrogen (secondary N) is 3. The molecule has 7 heteroatoms. The van der Waals surface area contributed by atoms with E-state index in [9.17, 15) is 8.42 Å². The third-order valence-corrected chi connectivity index (χ3v) is 4.82. The third-order valence-electron chi connectivity index (χ3n) is 2.95. The Labute approximate surface area is 131 Å². The molecule has 0 atom stereocenters. The molecule has 0 radical (unpaired) electrons. The maximum Gasteiger partial charge on any atom is 0.261 e. The van der Waals surface area contributed by atoms with Gasteiger partial charge in [0, 0.05) is 4.47 Å². The minimum atomic E-state index is -3.62. The molecule has 3 N–H and O–H groups in total. The van der Waals surface area contributed by atoms with Crippen molar-refractivity contribution in [2.45, 2.75) is 4.90 Å². The van der Waals surface area contributed by atoms with Crippen LogP contribution in [0.2, 0.25) is 0 Å². The fraction of sp³-hybridized carbons (Fsp3) is 0. The van der Waals surface area contributed by atoms with Crippen molar-refractivity contribution in [1.82, 2.24) is 0 Å².